The molecule has 0 rings (SSSR count). The van der Waals surface area contributed by atoms with Crippen LogP contribution in [0.4, 0.5) is 0 Å². The van der Waals surface area contributed by atoms with Gasteiger partial charge in [0.25, 0.3) is 0 Å². The fourth-order valence-electron chi connectivity index (χ4n) is 0.687. The van der Waals surface area contributed by atoms with E-state index in [1.807, 2.05) is 4.72 Å². The number of carbonyl (C=O) groups is 1. The molecular formula is C6H14N2O6S2. The molecule has 1 atom stereocenters. The summed E-state index contributed by atoms with van der Waals surface area (Å²) in [4.78, 5) is 10.4. The van der Waals surface area contributed by atoms with Gasteiger partial charge in [0.05, 0.1) is 6.26 Å². The highest BCUT2D eigenvalue weighted by Crippen LogP contribution is 1.97. The maximum atomic E-state index is 11.2. The third kappa shape index (κ3) is 6.00. The molecule has 0 saturated heterocycles. The van der Waals surface area contributed by atoms with Crippen LogP contribution in [0.1, 0.15) is 6.92 Å². The first-order valence-corrected chi connectivity index (χ1v) is 7.66. The minimum absolute atomic E-state index is 0.135. The zero-order chi connectivity index (χ0) is 13.0. The summed E-state index contributed by atoms with van der Waals surface area (Å²) >= 11 is 0. The van der Waals surface area contributed by atoms with E-state index in [1.54, 1.807) is 0 Å². The van der Waals surface area contributed by atoms with Gasteiger partial charge < -0.3 is 5.11 Å². The Kier molecular flexibility index (Phi) is 5.32. The van der Waals surface area contributed by atoms with Gasteiger partial charge in [-0.05, 0) is 6.92 Å². The van der Waals surface area contributed by atoms with E-state index < -0.39 is 31.3 Å². The second kappa shape index (κ2) is 5.57. The number of sulfonamides is 2. The monoisotopic (exact) mass is 274 g/mol. The van der Waals surface area contributed by atoms with Crippen LogP contribution in [0.3, 0.4) is 0 Å². The first-order valence-electron chi connectivity index (χ1n) is 4.22. The Bertz CT molecular complexity index is 440. The second-order valence-corrected chi connectivity index (χ2v) is 7.01. The molecule has 0 bridgehead atoms. The van der Waals surface area contributed by atoms with Crippen LogP contribution in [0, 0.1) is 0 Å². The number of hydrogen-bond acceptors (Lipinski definition) is 5. The summed E-state index contributed by atoms with van der Waals surface area (Å²) in [6, 6.07) is 0. The summed E-state index contributed by atoms with van der Waals surface area (Å²) < 4.78 is 47.7. The highest BCUT2D eigenvalue weighted by molar-refractivity contribution is 7.90. The molecular weight excluding hydrogens is 260 g/mol. The van der Waals surface area contributed by atoms with Gasteiger partial charge in [0.15, 0.2) is 5.25 Å². The van der Waals surface area contributed by atoms with Gasteiger partial charge in [-0.25, -0.2) is 26.3 Å². The third-order valence-corrected chi connectivity index (χ3v) is 4.07. The molecule has 0 saturated carbocycles. The summed E-state index contributed by atoms with van der Waals surface area (Å²) in [5.74, 6) is -1.47. The Morgan fingerprint density at radius 3 is 2.00 bits per heavy atom. The van der Waals surface area contributed by atoms with Crippen LogP contribution in [0.2, 0.25) is 0 Å². The topological polar surface area (TPSA) is 130 Å². The van der Waals surface area contributed by atoms with Gasteiger partial charge in [-0.3, -0.25) is 4.79 Å². The SMILES string of the molecule is CC(C(=O)O)S(=O)(=O)NCCNS(C)(=O)=O. The van der Waals surface area contributed by atoms with Crippen LogP contribution in [0.15, 0.2) is 0 Å². The first-order chi connectivity index (χ1) is 7.06. The van der Waals surface area contributed by atoms with Crippen molar-refractivity contribution in [2.24, 2.45) is 0 Å². The van der Waals surface area contributed by atoms with E-state index in [4.69, 9.17) is 5.11 Å². The minimum Gasteiger partial charge on any atom is -0.480 e. The minimum atomic E-state index is -3.96. The van der Waals surface area contributed by atoms with Gasteiger partial charge in [-0.2, -0.15) is 0 Å². The zero-order valence-corrected chi connectivity index (χ0v) is 10.4. The van der Waals surface area contributed by atoms with E-state index in [0.717, 1.165) is 13.2 Å². The average molecular weight is 274 g/mol. The van der Waals surface area contributed by atoms with Crippen molar-refractivity contribution in [2.45, 2.75) is 12.2 Å². The van der Waals surface area contributed by atoms with Crippen molar-refractivity contribution in [3.8, 4) is 0 Å². The molecule has 96 valence electrons. The van der Waals surface area contributed by atoms with Crippen molar-refractivity contribution in [3.05, 3.63) is 0 Å². The summed E-state index contributed by atoms with van der Waals surface area (Å²) in [6.07, 6.45) is 0.932. The standard InChI is InChI=1S/C6H14N2O6S2/c1-5(6(9)10)16(13,14)8-4-3-7-15(2,11)12/h5,7-8H,3-4H2,1-2H3,(H,9,10). The molecule has 0 amide bonds. The number of hydrogen-bond donors (Lipinski definition) is 3. The molecule has 10 heteroatoms. The van der Waals surface area contributed by atoms with Gasteiger partial charge in [0, 0.05) is 13.1 Å². The van der Waals surface area contributed by atoms with Crippen LogP contribution in [-0.4, -0.2) is 52.5 Å². The summed E-state index contributed by atoms with van der Waals surface area (Å²) in [5.41, 5.74) is 0. The highest BCUT2D eigenvalue weighted by Gasteiger charge is 2.26. The molecule has 0 radical (unpaired) electrons. The number of rotatable bonds is 7. The van der Waals surface area contributed by atoms with E-state index in [1.165, 1.54) is 0 Å². The largest absolute Gasteiger partial charge is 0.480 e. The molecule has 0 aliphatic heterocycles. The maximum Gasteiger partial charge on any atom is 0.323 e. The lowest BCUT2D eigenvalue weighted by Crippen LogP contribution is -2.41. The summed E-state index contributed by atoms with van der Waals surface area (Å²) in [6.45, 7) is 0.687. The predicted molar refractivity (Wildman–Crippen MR) is 56.9 cm³/mol. The average Bonchev–Trinajstić information content (AvgIpc) is 2.09. The normalized spacial score (nSPS) is 14.6. The van der Waals surface area contributed by atoms with Gasteiger partial charge in [-0.15, -0.1) is 0 Å². The molecule has 8 nitrogen and oxygen atoms in total. The number of nitrogens with one attached hydrogen (secondary N) is 2. The van der Waals surface area contributed by atoms with Crippen LogP contribution >= 0.6 is 0 Å². The zero-order valence-electron chi connectivity index (χ0n) is 8.80. The molecule has 0 aromatic heterocycles. The molecule has 16 heavy (non-hydrogen) atoms. The first kappa shape index (κ1) is 15.3. The summed E-state index contributed by atoms with van der Waals surface area (Å²) in [5, 5.41) is 6.89. The second-order valence-electron chi connectivity index (χ2n) is 3.09. The summed E-state index contributed by atoms with van der Waals surface area (Å²) in [7, 11) is -7.34. The quantitative estimate of drug-likeness (QED) is 0.457. The lowest BCUT2D eigenvalue weighted by Gasteiger charge is -2.09. The number of carboxylic acid groups (broad SMARTS) is 1. The Morgan fingerprint density at radius 2 is 1.62 bits per heavy atom. The van der Waals surface area contributed by atoms with Crippen LogP contribution in [0.25, 0.3) is 0 Å². The van der Waals surface area contributed by atoms with Crippen molar-refractivity contribution >= 4 is 26.0 Å². The number of aliphatic carboxylic acids is 1. The molecule has 1 unspecified atom stereocenters. The van der Waals surface area contributed by atoms with E-state index >= 15 is 0 Å². The van der Waals surface area contributed by atoms with E-state index in [-0.39, 0.29) is 13.1 Å². The highest BCUT2D eigenvalue weighted by atomic mass is 32.2. The number of carboxylic acids is 1. The van der Waals surface area contributed by atoms with Gasteiger partial charge in [0.1, 0.15) is 0 Å². The van der Waals surface area contributed by atoms with Crippen molar-refractivity contribution in [1.82, 2.24) is 9.44 Å². The molecule has 0 spiro atoms. The van der Waals surface area contributed by atoms with E-state index in [0.29, 0.717) is 0 Å². The third-order valence-electron chi connectivity index (χ3n) is 1.61. The van der Waals surface area contributed by atoms with Crippen LogP contribution in [0.5, 0.6) is 0 Å². The Balaban J connectivity index is 4.17. The molecule has 0 heterocycles. The van der Waals surface area contributed by atoms with E-state index in [2.05, 4.69) is 4.72 Å². The van der Waals surface area contributed by atoms with Crippen molar-refractivity contribution in [3.63, 3.8) is 0 Å². The van der Waals surface area contributed by atoms with Gasteiger partial charge in [0.2, 0.25) is 20.0 Å². The van der Waals surface area contributed by atoms with E-state index in [9.17, 15) is 21.6 Å². The van der Waals surface area contributed by atoms with Gasteiger partial charge >= 0.3 is 5.97 Å². The fourth-order valence-corrected chi connectivity index (χ4v) is 2.06. The van der Waals surface area contributed by atoms with Crippen molar-refractivity contribution in [1.29, 1.82) is 0 Å². The van der Waals surface area contributed by atoms with Crippen LogP contribution in [-0.2, 0) is 24.8 Å². The lowest BCUT2D eigenvalue weighted by atomic mass is 10.5. The Hall–Kier alpha value is -0.710. The van der Waals surface area contributed by atoms with Gasteiger partial charge in [-0.1, -0.05) is 0 Å². The fraction of sp³-hybridized carbons (Fsp3) is 0.833. The maximum absolute atomic E-state index is 11.2. The Morgan fingerprint density at radius 1 is 1.19 bits per heavy atom. The smallest absolute Gasteiger partial charge is 0.323 e. The lowest BCUT2D eigenvalue weighted by molar-refractivity contribution is -0.136. The molecule has 3 N–H and O–H groups in total. The predicted octanol–water partition coefficient (Wildman–Crippen LogP) is -2.07. The van der Waals surface area contributed by atoms with Crippen molar-refractivity contribution in [2.75, 3.05) is 19.3 Å². The molecule has 0 aromatic carbocycles. The molecule has 0 aliphatic carbocycles. The molecule has 0 fully saturated rings. The molecule has 0 aliphatic rings. The van der Waals surface area contributed by atoms with Crippen LogP contribution < -0.4 is 9.44 Å². The Labute approximate surface area is 94.1 Å². The van der Waals surface area contributed by atoms with Crippen molar-refractivity contribution < 1.29 is 26.7 Å². The molecule has 0 aromatic rings.